The molecule has 0 saturated heterocycles. The number of hydrogen-bond donors (Lipinski definition) is 0. The van der Waals surface area contributed by atoms with Crippen molar-refractivity contribution in [2.45, 2.75) is 0 Å². The Morgan fingerprint density at radius 1 is 0.286 bits per heavy atom. The highest BCUT2D eigenvalue weighted by atomic mass is 28.3. The summed E-state index contributed by atoms with van der Waals surface area (Å²) in [6.45, 7) is 0. The van der Waals surface area contributed by atoms with Crippen molar-refractivity contribution in [3.05, 3.63) is 255 Å². The molecular weight excluding hydrogens is 777 g/mol. The predicted octanol–water partition coefficient (Wildman–Crippen LogP) is 12.6. The molecule has 0 aliphatic rings. The van der Waals surface area contributed by atoms with E-state index in [-0.39, 0.29) is 0 Å². The van der Waals surface area contributed by atoms with Crippen molar-refractivity contribution in [1.29, 1.82) is 0 Å². The number of fused-ring (bicyclic) bond motifs is 6. The minimum absolute atomic E-state index is 1.14. The van der Waals surface area contributed by atoms with E-state index in [0.717, 1.165) is 11.4 Å². The van der Waals surface area contributed by atoms with Gasteiger partial charge in [-0.15, -0.1) is 0 Å². The molecule has 0 unspecified atom stereocenters. The van der Waals surface area contributed by atoms with Crippen LogP contribution in [0.1, 0.15) is 0 Å². The van der Waals surface area contributed by atoms with Crippen LogP contribution in [0, 0.1) is 0 Å². The molecule has 0 aliphatic heterocycles. The molecule has 12 aromatic rings. The summed E-state index contributed by atoms with van der Waals surface area (Å²) in [4.78, 5) is 0. The molecule has 0 radical (unpaired) electrons. The highest BCUT2D eigenvalue weighted by Crippen LogP contribution is 2.42. The third kappa shape index (κ3) is 5.78. The maximum Gasteiger partial charge on any atom is 0.181 e. The van der Waals surface area contributed by atoms with E-state index < -0.39 is 8.07 Å². The Morgan fingerprint density at radius 2 is 0.730 bits per heavy atom. The molecule has 0 amide bonds. The minimum Gasteiger partial charge on any atom is -0.309 e. The lowest BCUT2D eigenvalue weighted by molar-refractivity contribution is 1.17. The van der Waals surface area contributed by atoms with Crippen molar-refractivity contribution >= 4 is 72.4 Å². The van der Waals surface area contributed by atoms with Gasteiger partial charge in [-0.1, -0.05) is 218 Å². The molecule has 2 aromatic heterocycles. The van der Waals surface area contributed by atoms with Crippen LogP contribution in [0.25, 0.3) is 77.2 Å². The third-order valence-electron chi connectivity index (χ3n) is 13.1. The molecule has 0 fully saturated rings. The second-order valence-electron chi connectivity index (χ2n) is 16.4. The Hall–Kier alpha value is -7.98. The molecule has 0 bridgehead atoms. The Bertz CT molecular complexity index is 3480. The van der Waals surface area contributed by atoms with E-state index in [1.807, 2.05) is 0 Å². The zero-order valence-corrected chi connectivity index (χ0v) is 35.6. The highest BCUT2D eigenvalue weighted by Gasteiger charge is 2.44. The summed E-state index contributed by atoms with van der Waals surface area (Å²) in [5.74, 6) is 0. The van der Waals surface area contributed by atoms with Crippen LogP contribution in [0.3, 0.4) is 0 Å². The summed E-state index contributed by atoms with van der Waals surface area (Å²) in [6, 6.07) is 94.4. The molecule has 0 spiro atoms. The van der Waals surface area contributed by atoms with Gasteiger partial charge in [-0.2, -0.15) is 0 Å². The zero-order valence-electron chi connectivity index (χ0n) is 34.6. The van der Waals surface area contributed by atoms with E-state index in [1.165, 1.54) is 86.6 Å². The average molecular weight is 819 g/mol. The zero-order chi connectivity index (χ0) is 41.7. The van der Waals surface area contributed by atoms with Crippen molar-refractivity contribution < 1.29 is 0 Å². The Kier molecular flexibility index (Phi) is 8.87. The van der Waals surface area contributed by atoms with Crippen LogP contribution in [0.15, 0.2) is 255 Å². The monoisotopic (exact) mass is 818 g/mol. The minimum atomic E-state index is -3.04. The third-order valence-corrected chi connectivity index (χ3v) is 17.9. The number of aromatic nitrogens is 2. The van der Waals surface area contributed by atoms with Crippen molar-refractivity contribution in [3.63, 3.8) is 0 Å². The number of para-hydroxylation sites is 2. The Balaban J connectivity index is 1.25. The SMILES string of the molecule is c1ccc(-c2ccc(-n3c4ccccc4c4c(-n5c6ccccc6c6c(-c7ccccc7)ccc([Si](c7ccccc7)(c7ccccc7)c7ccccc7)c65)cccc43)cc2)cc1. The molecule has 2 nitrogen and oxygen atoms in total. The van der Waals surface area contributed by atoms with Crippen molar-refractivity contribution in [2.75, 3.05) is 0 Å². The summed E-state index contributed by atoms with van der Waals surface area (Å²) in [6.07, 6.45) is 0. The van der Waals surface area contributed by atoms with E-state index >= 15 is 0 Å². The second kappa shape index (κ2) is 15.2. The van der Waals surface area contributed by atoms with Gasteiger partial charge in [0, 0.05) is 27.2 Å². The molecular formula is C60H42N2Si. The van der Waals surface area contributed by atoms with E-state index in [1.54, 1.807) is 0 Å². The number of benzene rings is 10. The fraction of sp³-hybridized carbons (Fsp3) is 0. The van der Waals surface area contributed by atoms with Gasteiger partial charge in [0.15, 0.2) is 8.07 Å². The molecule has 3 heteroatoms. The van der Waals surface area contributed by atoms with E-state index in [0.29, 0.717) is 0 Å². The first-order valence-electron chi connectivity index (χ1n) is 21.8. The van der Waals surface area contributed by atoms with E-state index in [4.69, 9.17) is 0 Å². The quantitative estimate of drug-likeness (QED) is 0.107. The van der Waals surface area contributed by atoms with Crippen molar-refractivity contribution in [2.24, 2.45) is 0 Å². The van der Waals surface area contributed by atoms with Crippen LogP contribution in [0.4, 0.5) is 0 Å². The first-order chi connectivity index (χ1) is 31.3. The Morgan fingerprint density at radius 3 is 1.30 bits per heavy atom. The lowest BCUT2D eigenvalue weighted by atomic mass is 9.99. The molecule has 0 atom stereocenters. The maximum atomic E-state index is 2.63. The van der Waals surface area contributed by atoms with Crippen LogP contribution >= 0.6 is 0 Å². The first kappa shape index (κ1) is 36.8. The summed E-state index contributed by atoms with van der Waals surface area (Å²) in [7, 11) is -3.04. The molecule has 12 rings (SSSR count). The first-order valence-corrected chi connectivity index (χ1v) is 23.8. The van der Waals surface area contributed by atoms with Crippen LogP contribution in [-0.2, 0) is 0 Å². The molecule has 2 heterocycles. The summed E-state index contributed by atoms with van der Waals surface area (Å²) < 4.78 is 5.07. The lowest BCUT2D eigenvalue weighted by Crippen LogP contribution is -2.75. The summed E-state index contributed by atoms with van der Waals surface area (Å²) in [5, 5.41) is 10.4. The van der Waals surface area contributed by atoms with Crippen LogP contribution in [0.2, 0.25) is 0 Å². The van der Waals surface area contributed by atoms with Gasteiger partial charge in [0.05, 0.1) is 27.8 Å². The summed E-state index contributed by atoms with van der Waals surface area (Å²) in [5.41, 5.74) is 11.9. The van der Waals surface area contributed by atoms with Gasteiger partial charge in [0.25, 0.3) is 0 Å². The molecule has 63 heavy (non-hydrogen) atoms. The van der Waals surface area contributed by atoms with Gasteiger partial charge in [-0.05, 0) is 79.4 Å². The van der Waals surface area contributed by atoms with E-state index in [2.05, 4.69) is 264 Å². The average Bonchev–Trinajstić information content (AvgIpc) is 3.90. The van der Waals surface area contributed by atoms with Crippen LogP contribution in [-0.4, -0.2) is 17.2 Å². The largest absolute Gasteiger partial charge is 0.309 e. The smallest absolute Gasteiger partial charge is 0.181 e. The van der Waals surface area contributed by atoms with Gasteiger partial charge >= 0.3 is 0 Å². The number of hydrogen-bond acceptors (Lipinski definition) is 0. The van der Waals surface area contributed by atoms with Crippen LogP contribution < -0.4 is 20.7 Å². The second-order valence-corrected chi connectivity index (χ2v) is 20.2. The molecule has 0 N–H and O–H groups in total. The summed E-state index contributed by atoms with van der Waals surface area (Å²) >= 11 is 0. The lowest BCUT2D eigenvalue weighted by Gasteiger charge is -2.35. The van der Waals surface area contributed by atoms with Crippen LogP contribution in [0.5, 0.6) is 0 Å². The Labute approximate surface area is 368 Å². The van der Waals surface area contributed by atoms with Gasteiger partial charge in [0.2, 0.25) is 0 Å². The molecule has 296 valence electrons. The van der Waals surface area contributed by atoms with E-state index in [9.17, 15) is 0 Å². The predicted molar refractivity (Wildman–Crippen MR) is 270 cm³/mol. The molecule has 0 saturated carbocycles. The van der Waals surface area contributed by atoms with Gasteiger partial charge in [0.1, 0.15) is 0 Å². The fourth-order valence-corrected chi connectivity index (χ4v) is 15.4. The van der Waals surface area contributed by atoms with Gasteiger partial charge < -0.3 is 9.13 Å². The maximum absolute atomic E-state index is 3.04. The molecule has 0 aliphatic carbocycles. The highest BCUT2D eigenvalue weighted by molar-refractivity contribution is 7.20. The van der Waals surface area contributed by atoms with Crippen molar-refractivity contribution in [3.8, 4) is 33.6 Å². The number of rotatable bonds is 8. The van der Waals surface area contributed by atoms with Gasteiger partial charge in [-0.25, -0.2) is 0 Å². The standard InChI is InChI=1S/C60H42N2Si/c1-6-21-43(22-7-1)44-37-39-46(40-38-44)61-53-33-18-17-32-52(53)59-55(61)35-20-36-56(59)62-54-34-19-16-31-51(54)58-50(45-23-8-2-9-24-45)41-42-57(60(58)62)63(47-25-10-3-11-26-47,48-27-12-4-13-28-48)49-29-14-5-15-30-49/h1-42H. The topological polar surface area (TPSA) is 9.86 Å². The van der Waals surface area contributed by atoms with Crippen molar-refractivity contribution in [1.82, 2.24) is 9.13 Å². The molecule has 10 aromatic carbocycles. The van der Waals surface area contributed by atoms with Gasteiger partial charge in [-0.3, -0.25) is 0 Å². The number of nitrogens with zero attached hydrogens (tertiary/aromatic N) is 2. The normalized spacial score (nSPS) is 11.8. The fourth-order valence-electron chi connectivity index (χ4n) is 10.4.